The van der Waals surface area contributed by atoms with E-state index in [0.717, 1.165) is 5.69 Å². The molecule has 0 aliphatic carbocycles. The Labute approximate surface area is 153 Å². The maximum atomic E-state index is 11.1. The Morgan fingerprint density at radius 2 is 1.96 bits per heavy atom. The van der Waals surface area contributed by atoms with E-state index in [9.17, 15) is 10.1 Å². The number of nitro groups is 1. The van der Waals surface area contributed by atoms with Crippen molar-refractivity contribution in [3.8, 4) is 34.3 Å². The zero-order chi connectivity index (χ0) is 18.8. The van der Waals surface area contributed by atoms with Gasteiger partial charge in [0.15, 0.2) is 5.82 Å². The molecule has 134 valence electrons. The van der Waals surface area contributed by atoms with Crippen LogP contribution in [0.5, 0.6) is 6.01 Å². The van der Waals surface area contributed by atoms with E-state index in [4.69, 9.17) is 4.74 Å². The molecule has 2 heterocycles. The number of H-pyrrole nitrogens is 1. The van der Waals surface area contributed by atoms with Crippen molar-refractivity contribution in [2.45, 2.75) is 0 Å². The first-order valence-corrected chi connectivity index (χ1v) is 8.02. The molecular formula is C18H14N6O3. The van der Waals surface area contributed by atoms with Crippen LogP contribution in [0.2, 0.25) is 0 Å². The Kier molecular flexibility index (Phi) is 4.09. The first kappa shape index (κ1) is 16.5. The van der Waals surface area contributed by atoms with Crippen LogP contribution in [0, 0.1) is 10.1 Å². The number of hydrogen-bond acceptors (Lipinski definition) is 6. The van der Waals surface area contributed by atoms with E-state index in [1.54, 1.807) is 23.0 Å². The quantitative estimate of drug-likeness (QED) is 0.431. The summed E-state index contributed by atoms with van der Waals surface area (Å²) in [4.78, 5) is 15.0. The van der Waals surface area contributed by atoms with Crippen LogP contribution in [0.25, 0.3) is 28.3 Å². The lowest BCUT2D eigenvalue weighted by Crippen LogP contribution is -1.94. The van der Waals surface area contributed by atoms with Gasteiger partial charge in [-0.1, -0.05) is 30.3 Å². The van der Waals surface area contributed by atoms with Crippen LogP contribution in [-0.4, -0.2) is 37.0 Å². The molecule has 0 aliphatic heterocycles. The van der Waals surface area contributed by atoms with Gasteiger partial charge in [0.25, 0.3) is 5.69 Å². The SMILES string of the molecule is COc1n[nH]c(-c2cn(-c3ccccc3)nc2-c2cccc([N+](=O)[O-])c2)n1. The fourth-order valence-electron chi connectivity index (χ4n) is 2.70. The van der Waals surface area contributed by atoms with Gasteiger partial charge in [-0.25, -0.2) is 4.68 Å². The number of rotatable bonds is 5. The summed E-state index contributed by atoms with van der Waals surface area (Å²) in [6.45, 7) is 0. The molecule has 9 heteroatoms. The number of nitrogens with zero attached hydrogens (tertiary/aromatic N) is 5. The van der Waals surface area contributed by atoms with Crippen LogP contribution in [0.1, 0.15) is 0 Å². The summed E-state index contributed by atoms with van der Waals surface area (Å²) in [6, 6.07) is 16.1. The number of hydrogen-bond donors (Lipinski definition) is 1. The summed E-state index contributed by atoms with van der Waals surface area (Å²) in [5, 5.41) is 22.6. The summed E-state index contributed by atoms with van der Waals surface area (Å²) in [5.41, 5.74) is 2.63. The molecule has 2 aromatic carbocycles. The lowest BCUT2D eigenvalue weighted by Gasteiger charge is -2.01. The van der Waals surface area contributed by atoms with Crippen molar-refractivity contribution in [3.05, 3.63) is 70.9 Å². The normalized spacial score (nSPS) is 10.7. The Morgan fingerprint density at radius 1 is 1.15 bits per heavy atom. The zero-order valence-electron chi connectivity index (χ0n) is 14.2. The standard InChI is InChI=1S/C18H14N6O3/c1-27-18-19-17(20-21-18)15-11-23(13-7-3-2-4-8-13)22-16(15)12-6-5-9-14(10-12)24(25)26/h2-11H,1H3,(H,19,20,21). The molecule has 27 heavy (non-hydrogen) atoms. The monoisotopic (exact) mass is 362 g/mol. The van der Waals surface area contributed by atoms with Crippen LogP contribution in [0.4, 0.5) is 5.69 Å². The highest BCUT2D eigenvalue weighted by atomic mass is 16.6. The molecule has 0 atom stereocenters. The summed E-state index contributed by atoms with van der Waals surface area (Å²) in [7, 11) is 1.47. The first-order chi connectivity index (χ1) is 13.2. The average Bonchev–Trinajstić information content (AvgIpc) is 3.35. The third-order valence-electron chi connectivity index (χ3n) is 3.97. The molecule has 1 N–H and O–H groups in total. The minimum atomic E-state index is -0.436. The van der Waals surface area contributed by atoms with Gasteiger partial charge in [0, 0.05) is 23.9 Å². The number of nitro benzene ring substituents is 1. The predicted octanol–water partition coefficient (Wildman–Crippen LogP) is 3.24. The second-order valence-corrected chi connectivity index (χ2v) is 5.65. The smallest absolute Gasteiger partial charge is 0.335 e. The number of para-hydroxylation sites is 1. The van der Waals surface area contributed by atoms with Crippen LogP contribution in [0.3, 0.4) is 0 Å². The minimum absolute atomic E-state index is 0.0112. The lowest BCUT2D eigenvalue weighted by molar-refractivity contribution is -0.384. The number of methoxy groups -OCH3 is 1. The topological polar surface area (TPSA) is 112 Å². The Bertz CT molecular complexity index is 1100. The van der Waals surface area contributed by atoms with Crippen molar-refractivity contribution in [1.29, 1.82) is 0 Å². The Balaban J connectivity index is 1.89. The molecule has 0 aliphatic rings. The summed E-state index contributed by atoms with van der Waals surface area (Å²) < 4.78 is 6.73. The zero-order valence-corrected chi connectivity index (χ0v) is 14.2. The lowest BCUT2D eigenvalue weighted by atomic mass is 10.1. The molecule has 0 radical (unpaired) electrons. The van der Waals surface area contributed by atoms with Gasteiger partial charge in [0.1, 0.15) is 5.69 Å². The molecule has 0 amide bonds. The van der Waals surface area contributed by atoms with Crippen molar-refractivity contribution < 1.29 is 9.66 Å². The number of aromatic nitrogens is 5. The third-order valence-corrected chi connectivity index (χ3v) is 3.97. The molecular weight excluding hydrogens is 348 g/mol. The van der Waals surface area contributed by atoms with Crippen molar-refractivity contribution in [2.75, 3.05) is 7.11 Å². The van der Waals surface area contributed by atoms with E-state index in [-0.39, 0.29) is 11.7 Å². The van der Waals surface area contributed by atoms with Crippen molar-refractivity contribution >= 4 is 5.69 Å². The van der Waals surface area contributed by atoms with Crippen molar-refractivity contribution in [2.24, 2.45) is 0 Å². The highest BCUT2D eigenvalue weighted by Crippen LogP contribution is 2.32. The fraction of sp³-hybridized carbons (Fsp3) is 0.0556. The summed E-state index contributed by atoms with van der Waals surface area (Å²) in [6.07, 6.45) is 1.80. The van der Waals surface area contributed by atoms with Crippen molar-refractivity contribution in [1.82, 2.24) is 25.0 Å². The molecule has 0 fully saturated rings. The number of aromatic amines is 1. The summed E-state index contributed by atoms with van der Waals surface area (Å²) in [5.74, 6) is 0.454. The molecule has 0 spiro atoms. The van der Waals surface area contributed by atoms with E-state index in [2.05, 4.69) is 20.3 Å². The van der Waals surface area contributed by atoms with Crippen molar-refractivity contribution in [3.63, 3.8) is 0 Å². The van der Waals surface area contributed by atoms with Crippen LogP contribution in [-0.2, 0) is 0 Å². The van der Waals surface area contributed by atoms with Crippen LogP contribution < -0.4 is 4.74 Å². The highest BCUT2D eigenvalue weighted by molar-refractivity contribution is 5.78. The predicted molar refractivity (Wildman–Crippen MR) is 97.6 cm³/mol. The maximum absolute atomic E-state index is 11.1. The molecule has 0 saturated carbocycles. The van der Waals surface area contributed by atoms with Gasteiger partial charge in [-0.15, -0.1) is 5.10 Å². The largest absolute Gasteiger partial charge is 0.466 e. The molecule has 0 bridgehead atoms. The van der Waals surface area contributed by atoms with Gasteiger partial charge < -0.3 is 4.74 Å². The van der Waals surface area contributed by atoms with E-state index >= 15 is 0 Å². The molecule has 0 unspecified atom stereocenters. The Morgan fingerprint density at radius 3 is 2.67 bits per heavy atom. The molecule has 4 aromatic rings. The van der Waals surface area contributed by atoms with Gasteiger partial charge in [-0.2, -0.15) is 10.1 Å². The number of nitrogens with one attached hydrogen (secondary N) is 1. The second kappa shape index (κ2) is 6.71. The van der Waals surface area contributed by atoms with Gasteiger partial charge in [-0.05, 0) is 12.1 Å². The third kappa shape index (κ3) is 3.13. The fourth-order valence-corrected chi connectivity index (χ4v) is 2.70. The molecule has 4 rings (SSSR count). The van der Waals surface area contributed by atoms with E-state index in [1.807, 2.05) is 30.3 Å². The molecule has 0 saturated heterocycles. The number of benzene rings is 2. The molecule has 2 aromatic heterocycles. The van der Waals surface area contributed by atoms with Gasteiger partial charge >= 0.3 is 6.01 Å². The van der Waals surface area contributed by atoms with E-state index < -0.39 is 4.92 Å². The Hall–Kier alpha value is -4.01. The first-order valence-electron chi connectivity index (χ1n) is 8.02. The maximum Gasteiger partial charge on any atom is 0.335 e. The van der Waals surface area contributed by atoms with E-state index in [0.29, 0.717) is 22.6 Å². The van der Waals surface area contributed by atoms with Gasteiger partial charge in [0.2, 0.25) is 0 Å². The highest BCUT2D eigenvalue weighted by Gasteiger charge is 2.19. The minimum Gasteiger partial charge on any atom is -0.466 e. The van der Waals surface area contributed by atoms with Gasteiger partial charge in [0.05, 0.1) is 23.3 Å². The summed E-state index contributed by atoms with van der Waals surface area (Å²) >= 11 is 0. The van der Waals surface area contributed by atoms with E-state index in [1.165, 1.54) is 19.2 Å². The second-order valence-electron chi connectivity index (χ2n) is 5.65. The average molecular weight is 362 g/mol. The van der Waals surface area contributed by atoms with Gasteiger partial charge in [-0.3, -0.25) is 15.2 Å². The van der Waals surface area contributed by atoms with Crippen LogP contribution >= 0.6 is 0 Å². The van der Waals surface area contributed by atoms with Crippen LogP contribution in [0.15, 0.2) is 60.8 Å². The number of non-ortho nitro benzene ring substituents is 1. The molecule has 9 nitrogen and oxygen atoms in total. The number of ether oxygens (including phenoxy) is 1.